The van der Waals surface area contributed by atoms with Crippen molar-refractivity contribution in [2.45, 2.75) is 71.6 Å². The second-order valence-electron chi connectivity index (χ2n) is 12.1. The Morgan fingerprint density at radius 3 is 2.67 bits per heavy atom. The Balaban J connectivity index is 1.42. The van der Waals surface area contributed by atoms with Crippen LogP contribution in [0.1, 0.15) is 77.3 Å². The molecule has 3 atom stereocenters. The van der Waals surface area contributed by atoms with Gasteiger partial charge in [0, 0.05) is 11.8 Å². The van der Waals surface area contributed by atoms with Crippen LogP contribution in [0.25, 0.3) is 0 Å². The van der Waals surface area contributed by atoms with E-state index < -0.39 is 0 Å². The van der Waals surface area contributed by atoms with Gasteiger partial charge in [0.25, 0.3) is 0 Å². The summed E-state index contributed by atoms with van der Waals surface area (Å²) in [5, 5.41) is 8.71. The van der Waals surface area contributed by atoms with Gasteiger partial charge in [-0.05, 0) is 95.9 Å². The van der Waals surface area contributed by atoms with E-state index in [0.29, 0.717) is 23.5 Å². The van der Waals surface area contributed by atoms with Crippen LogP contribution in [0, 0.1) is 17.2 Å². The fraction of sp³-hybridized carbons (Fsp3) is 0.342. The number of rotatable bonds is 7. The summed E-state index contributed by atoms with van der Waals surface area (Å²) < 4.78 is 0. The summed E-state index contributed by atoms with van der Waals surface area (Å²) in [5.41, 5.74) is 11.5. The minimum atomic E-state index is 0.138. The first kappa shape index (κ1) is 27.1. The molecule has 0 saturated carbocycles. The molecule has 1 aromatic rings. The molecule has 39 heavy (non-hydrogen) atoms. The van der Waals surface area contributed by atoms with Crippen molar-refractivity contribution in [1.82, 2.24) is 0 Å². The molecule has 1 aromatic carbocycles. The maximum Gasteiger partial charge on any atom is 0.0571 e. The molecule has 1 heteroatoms. The molecule has 1 nitrogen and oxygen atoms in total. The third kappa shape index (κ3) is 5.50. The Bertz CT molecular complexity index is 1420. The number of hydrogen-bond donors (Lipinski definition) is 1. The lowest BCUT2D eigenvalue weighted by Gasteiger charge is -2.31. The fourth-order valence-corrected chi connectivity index (χ4v) is 6.66. The molecule has 5 rings (SSSR count). The molecule has 0 amide bonds. The van der Waals surface area contributed by atoms with Crippen molar-refractivity contribution < 1.29 is 0 Å². The van der Waals surface area contributed by atoms with Crippen molar-refractivity contribution in [3.8, 4) is 0 Å². The average Bonchev–Trinajstić information content (AvgIpc) is 3.18. The largest absolute Gasteiger partial charge is 0.301 e. The van der Waals surface area contributed by atoms with Crippen LogP contribution in [0.2, 0.25) is 0 Å². The first-order chi connectivity index (χ1) is 18.8. The third-order valence-corrected chi connectivity index (χ3v) is 9.18. The molecule has 3 unspecified atom stereocenters. The Hall–Kier alpha value is -3.45. The summed E-state index contributed by atoms with van der Waals surface area (Å²) >= 11 is 0. The molecule has 0 aromatic heterocycles. The molecule has 0 saturated heterocycles. The van der Waals surface area contributed by atoms with Gasteiger partial charge >= 0.3 is 0 Å². The number of allylic oxidation sites excluding steroid dienone is 18. The quantitative estimate of drug-likeness (QED) is 0.277. The van der Waals surface area contributed by atoms with Crippen LogP contribution >= 0.6 is 0 Å². The predicted octanol–water partition coefficient (Wildman–Crippen LogP) is 10.2. The van der Waals surface area contributed by atoms with Crippen molar-refractivity contribution in [3.05, 3.63) is 142 Å². The van der Waals surface area contributed by atoms with Gasteiger partial charge in [-0.2, -0.15) is 0 Å². The molecule has 0 fully saturated rings. The summed E-state index contributed by atoms with van der Waals surface area (Å²) in [6, 6.07) is 9.00. The maximum atomic E-state index is 8.71. The minimum absolute atomic E-state index is 0.138. The van der Waals surface area contributed by atoms with Gasteiger partial charge in [-0.25, -0.2) is 0 Å². The first-order valence-corrected chi connectivity index (χ1v) is 14.7. The molecule has 0 aliphatic heterocycles. The van der Waals surface area contributed by atoms with Crippen molar-refractivity contribution in [3.63, 3.8) is 0 Å². The summed E-state index contributed by atoms with van der Waals surface area (Å²) in [7, 11) is 0. The van der Waals surface area contributed by atoms with E-state index in [-0.39, 0.29) is 5.41 Å². The lowest BCUT2D eigenvalue weighted by Crippen LogP contribution is -2.25. The van der Waals surface area contributed by atoms with Crippen molar-refractivity contribution >= 4 is 5.71 Å². The zero-order valence-electron chi connectivity index (χ0n) is 24.3. The van der Waals surface area contributed by atoms with E-state index in [1.807, 2.05) is 6.92 Å². The highest BCUT2D eigenvalue weighted by Crippen LogP contribution is 2.54. The summed E-state index contributed by atoms with van der Waals surface area (Å²) in [4.78, 5) is 0. The van der Waals surface area contributed by atoms with Crippen LogP contribution in [0.5, 0.6) is 0 Å². The van der Waals surface area contributed by atoms with Crippen molar-refractivity contribution in [2.75, 3.05) is 0 Å². The second kappa shape index (κ2) is 11.3. The van der Waals surface area contributed by atoms with E-state index in [1.54, 1.807) is 0 Å². The number of fused-ring (bicyclic) bond motifs is 3. The van der Waals surface area contributed by atoms with E-state index in [0.717, 1.165) is 31.3 Å². The summed E-state index contributed by atoms with van der Waals surface area (Å²) in [5.74, 6) is 1.40. The zero-order chi connectivity index (χ0) is 27.6. The lowest BCUT2D eigenvalue weighted by atomic mass is 9.72. The Kier molecular flexibility index (Phi) is 7.89. The molecular weight excluding hydrogens is 470 g/mol. The van der Waals surface area contributed by atoms with Gasteiger partial charge in [0.1, 0.15) is 0 Å². The van der Waals surface area contributed by atoms with E-state index in [9.17, 15) is 0 Å². The van der Waals surface area contributed by atoms with Crippen LogP contribution in [-0.4, -0.2) is 5.71 Å². The predicted molar refractivity (Wildman–Crippen MR) is 168 cm³/mol. The van der Waals surface area contributed by atoms with E-state index >= 15 is 0 Å². The molecule has 0 spiro atoms. The minimum Gasteiger partial charge on any atom is -0.301 e. The highest BCUT2D eigenvalue weighted by molar-refractivity contribution is 6.06. The molecule has 0 heterocycles. The highest BCUT2D eigenvalue weighted by atomic mass is 14.5. The van der Waals surface area contributed by atoms with Gasteiger partial charge in [0.05, 0.1) is 5.71 Å². The van der Waals surface area contributed by atoms with Crippen LogP contribution in [0.15, 0.2) is 131 Å². The fourth-order valence-electron chi connectivity index (χ4n) is 6.66. The van der Waals surface area contributed by atoms with Crippen LogP contribution < -0.4 is 0 Å². The summed E-state index contributed by atoms with van der Waals surface area (Å²) in [6.07, 6.45) is 31.4. The van der Waals surface area contributed by atoms with E-state index in [1.165, 1.54) is 39.0 Å². The van der Waals surface area contributed by atoms with Gasteiger partial charge in [-0.1, -0.05) is 117 Å². The maximum absolute atomic E-state index is 8.71. The Morgan fingerprint density at radius 1 is 1.10 bits per heavy atom. The van der Waals surface area contributed by atoms with Crippen LogP contribution in [0.3, 0.4) is 0 Å². The lowest BCUT2D eigenvalue weighted by molar-refractivity contribution is 0.393. The van der Waals surface area contributed by atoms with Gasteiger partial charge in [0.15, 0.2) is 0 Å². The van der Waals surface area contributed by atoms with Gasteiger partial charge in [0.2, 0.25) is 0 Å². The molecule has 4 aliphatic rings. The smallest absolute Gasteiger partial charge is 0.0571 e. The molecule has 1 N–H and O–H groups in total. The Labute approximate surface area is 236 Å². The molecule has 200 valence electrons. The number of hydrogen-bond acceptors (Lipinski definition) is 1. The van der Waals surface area contributed by atoms with E-state index in [4.69, 9.17) is 5.41 Å². The summed E-state index contributed by atoms with van der Waals surface area (Å²) in [6.45, 7) is 11.2. The topological polar surface area (TPSA) is 23.9 Å². The average molecular weight is 514 g/mol. The van der Waals surface area contributed by atoms with Gasteiger partial charge in [-0.15, -0.1) is 0 Å². The number of nitrogens with one attached hydrogen (secondary N) is 1. The highest BCUT2D eigenvalue weighted by Gasteiger charge is 2.44. The van der Waals surface area contributed by atoms with Crippen molar-refractivity contribution in [2.24, 2.45) is 11.8 Å². The monoisotopic (exact) mass is 513 g/mol. The van der Waals surface area contributed by atoms with Gasteiger partial charge < -0.3 is 5.41 Å². The zero-order valence-corrected chi connectivity index (χ0v) is 24.3. The normalized spacial score (nSPS) is 26.0. The van der Waals surface area contributed by atoms with Gasteiger partial charge in [-0.3, -0.25) is 0 Å². The molecule has 0 radical (unpaired) electrons. The molecule has 0 bridgehead atoms. The Morgan fingerprint density at radius 2 is 1.92 bits per heavy atom. The van der Waals surface area contributed by atoms with Crippen LogP contribution in [0.4, 0.5) is 0 Å². The van der Waals surface area contributed by atoms with Crippen molar-refractivity contribution in [1.29, 1.82) is 5.41 Å². The first-order valence-electron chi connectivity index (χ1n) is 14.7. The standard InChI is InChI=1S/C38H43N/c1-6-11-27(3)37(39)25-32(21-16-28-13-8-7-12-26(28)2)30-19-17-29(18-20-30)31-22-23-34-33-14-9-10-15-35(33)38(4,5)36(34)24-31/h7-12,14-17,19,21-25,28,34,36,39H,6,13,18,20H2,1-5H3/b21-16+,27-11+,32-25+,39-37?. The van der Waals surface area contributed by atoms with Crippen LogP contribution in [-0.2, 0) is 5.41 Å². The molecular formula is C38H43N. The second-order valence-corrected chi connectivity index (χ2v) is 12.1. The van der Waals surface area contributed by atoms with E-state index in [2.05, 4.69) is 125 Å². The SMILES string of the molecule is CC/C=C(\C)C(=N)/C=C(\C=C\C1CC=CC=C1C)C1=CC=C(C2=CC3C(C=C2)c2ccccc2C3(C)C)CC1. The number of benzene rings is 1. The molecule has 4 aliphatic carbocycles. The third-order valence-electron chi connectivity index (χ3n) is 9.18.